The van der Waals surface area contributed by atoms with E-state index in [1.165, 1.54) is 0 Å². The summed E-state index contributed by atoms with van der Waals surface area (Å²) >= 11 is 0. The highest BCUT2D eigenvalue weighted by atomic mass is 16.6. The molecule has 0 radical (unpaired) electrons. The summed E-state index contributed by atoms with van der Waals surface area (Å²) in [7, 11) is 0. The van der Waals surface area contributed by atoms with Gasteiger partial charge in [-0.2, -0.15) is 0 Å². The summed E-state index contributed by atoms with van der Waals surface area (Å²) in [5.74, 6) is 0. The number of pyridine rings is 1. The van der Waals surface area contributed by atoms with Gasteiger partial charge in [-0.15, -0.1) is 0 Å². The number of hydrogen-bond acceptors (Lipinski definition) is 4. The van der Waals surface area contributed by atoms with Crippen LogP contribution >= 0.6 is 0 Å². The van der Waals surface area contributed by atoms with E-state index in [9.17, 15) is 9.59 Å². The van der Waals surface area contributed by atoms with Crippen molar-refractivity contribution < 1.29 is 14.6 Å². The molecule has 4 rings (SSSR count). The fraction of sp³-hybridized carbons (Fsp3) is 0.100. The number of amides is 1. The number of anilines is 1. The van der Waals surface area contributed by atoms with E-state index in [0.29, 0.717) is 16.8 Å². The molecule has 7 heteroatoms. The van der Waals surface area contributed by atoms with Gasteiger partial charge in [0.2, 0.25) is 0 Å². The number of aromatic nitrogens is 2. The zero-order valence-corrected chi connectivity index (χ0v) is 14.3. The van der Waals surface area contributed by atoms with Crippen LogP contribution in [-0.4, -0.2) is 34.4 Å². The molecule has 4 aromatic rings. The van der Waals surface area contributed by atoms with Crippen molar-refractivity contribution in [3.05, 3.63) is 65.1 Å². The third kappa shape index (κ3) is 3.28. The number of para-hydroxylation sites is 1. The lowest BCUT2D eigenvalue weighted by atomic mass is 10.0. The van der Waals surface area contributed by atoms with E-state index in [-0.39, 0.29) is 18.8 Å². The molecule has 2 aromatic heterocycles. The van der Waals surface area contributed by atoms with Crippen molar-refractivity contribution >= 4 is 33.6 Å². The Balaban J connectivity index is 1.71. The summed E-state index contributed by atoms with van der Waals surface area (Å²) < 4.78 is 4.76. The number of carbonyl (C=O) groups is 1. The molecule has 0 atom stereocenters. The highest BCUT2D eigenvalue weighted by Gasteiger charge is 2.11. The third-order valence-corrected chi connectivity index (χ3v) is 4.30. The minimum absolute atomic E-state index is 0.0791. The minimum Gasteiger partial charge on any atom is -0.447 e. The van der Waals surface area contributed by atoms with E-state index in [4.69, 9.17) is 9.84 Å². The lowest BCUT2D eigenvalue weighted by Gasteiger charge is -2.08. The first-order chi connectivity index (χ1) is 13.2. The van der Waals surface area contributed by atoms with Crippen LogP contribution in [0.1, 0.15) is 0 Å². The number of aliphatic hydroxyl groups is 1. The maximum atomic E-state index is 12.6. The van der Waals surface area contributed by atoms with E-state index in [2.05, 4.69) is 15.3 Å². The topological polar surface area (TPSA) is 107 Å². The summed E-state index contributed by atoms with van der Waals surface area (Å²) in [5.41, 5.74) is 3.25. The summed E-state index contributed by atoms with van der Waals surface area (Å²) in [6.45, 7) is -0.320. The first-order valence-corrected chi connectivity index (χ1v) is 8.44. The second-order valence-corrected chi connectivity index (χ2v) is 6.05. The Labute approximate surface area is 153 Å². The molecule has 0 fully saturated rings. The number of carbonyl (C=O) groups excluding carboxylic acids is 1. The fourth-order valence-corrected chi connectivity index (χ4v) is 3.07. The van der Waals surface area contributed by atoms with Gasteiger partial charge in [-0.25, -0.2) is 4.79 Å². The number of aliphatic hydroxyl groups excluding tert-OH is 1. The Hall–Kier alpha value is -3.58. The zero-order chi connectivity index (χ0) is 18.8. The second-order valence-electron chi connectivity index (χ2n) is 6.05. The van der Waals surface area contributed by atoms with Crippen molar-refractivity contribution in [2.75, 3.05) is 18.5 Å². The molecular formula is C20H17N3O4. The maximum absolute atomic E-state index is 12.6. The largest absolute Gasteiger partial charge is 0.447 e. The quantitative estimate of drug-likeness (QED) is 0.446. The molecule has 0 aliphatic carbocycles. The molecular weight excluding hydrogens is 346 g/mol. The molecule has 1 amide bonds. The lowest BCUT2D eigenvalue weighted by molar-refractivity contribution is 0.131. The van der Waals surface area contributed by atoms with Gasteiger partial charge in [0.1, 0.15) is 6.61 Å². The lowest BCUT2D eigenvalue weighted by Crippen LogP contribution is -2.16. The molecule has 0 aliphatic heterocycles. The van der Waals surface area contributed by atoms with Gasteiger partial charge < -0.3 is 19.8 Å². The van der Waals surface area contributed by atoms with Crippen molar-refractivity contribution in [3.8, 4) is 11.1 Å². The van der Waals surface area contributed by atoms with Crippen LogP contribution in [0.4, 0.5) is 10.5 Å². The molecule has 27 heavy (non-hydrogen) atoms. The first kappa shape index (κ1) is 16.9. The van der Waals surface area contributed by atoms with Gasteiger partial charge in [0.05, 0.1) is 12.1 Å². The third-order valence-electron chi connectivity index (χ3n) is 4.30. The van der Waals surface area contributed by atoms with Crippen LogP contribution in [0.3, 0.4) is 0 Å². The van der Waals surface area contributed by atoms with Crippen molar-refractivity contribution in [3.63, 3.8) is 0 Å². The number of H-pyrrole nitrogens is 2. The van der Waals surface area contributed by atoms with Crippen LogP contribution in [0.2, 0.25) is 0 Å². The van der Waals surface area contributed by atoms with E-state index in [0.717, 1.165) is 21.9 Å². The number of rotatable bonds is 4. The number of nitrogens with one attached hydrogen (secondary N) is 3. The molecule has 0 saturated heterocycles. The van der Waals surface area contributed by atoms with Gasteiger partial charge in [0, 0.05) is 33.9 Å². The van der Waals surface area contributed by atoms with Crippen LogP contribution in [0.15, 0.2) is 59.5 Å². The number of ether oxygens (including phenoxy) is 1. The molecule has 4 N–H and O–H groups in total. The first-order valence-electron chi connectivity index (χ1n) is 8.44. The normalized spacial score (nSPS) is 11.0. The SMILES string of the molecule is O=C(Nc1ccc2cc(-c3c[nH]c4ccccc34)c(=O)[nH]c2c1)OCCO. The molecule has 0 unspecified atom stereocenters. The number of hydrogen-bond donors (Lipinski definition) is 4. The van der Waals surface area contributed by atoms with Crippen LogP contribution in [0, 0.1) is 0 Å². The van der Waals surface area contributed by atoms with Crippen LogP contribution in [0.25, 0.3) is 32.9 Å². The van der Waals surface area contributed by atoms with E-state index < -0.39 is 6.09 Å². The van der Waals surface area contributed by atoms with Crippen molar-refractivity contribution in [1.82, 2.24) is 9.97 Å². The summed E-state index contributed by atoms with van der Waals surface area (Å²) in [6.07, 6.45) is 1.16. The Morgan fingerprint density at radius 1 is 1.07 bits per heavy atom. The molecule has 2 aromatic carbocycles. The average molecular weight is 363 g/mol. The Morgan fingerprint density at radius 2 is 1.93 bits per heavy atom. The smallest absolute Gasteiger partial charge is 0.411 e. The Morgan fingerprint density at radius 3 is 2.78 bits per heavy atom. The summed E-state index contributed by atoms with van der Waals surface area (Å²) in [6, 6.07) is 14.8. The Kier molecular flexibility index (Phi) is 4.35. The number of aromatic amines is 2. The number of benzene rings is 2. The van der Waals surface area contributed by atoms with Gasteiger partial charge in [-0.05, 0) is 29.7 Å². The minimum atomic E-state index is -0.666. The van der Waals surface area contributed by atoms with Crippen LogP contribution < -0.4 is 10.9 Å². The highest BCUT2D eigenvalue weighted by molar-refractivity contribution is 5.98. The summed E-state index contributed by atoms with van der Waals surface area (Å²) in [4.78, 5) is 30.3. The van der Waals surface area contributed by atoms with Gasteiger partial charge in [0.15, 0.2) is 0 Å². The van der Waals surface area contributed by atoms with E-state index in [1.54, 1.807) is 12.1 Å². The second kappa shape index (κ2) is 6.97. The predicted molar refractivity (Wildman–Crippen MR) is 104 cm³/mol. The van der Waals surface area contributed by atoms with Crippen LogP contribution in [0.5, 0.6) is 0 Å². The zero-order valence-electron chi connectivity index (χ0n) is 14.3. The molecule has 7 nitrogen and oxygen atoms in total. The van der Waals surface area contributed by atoms with Gasteiger partial charge in [-0.1, -0.05) is 24.3 Å². The van der Waals surface area contributed by atoms with Crippen LogP contribution in [-0.2, 0) is 4.74 Å². The standard InChI is InChI=1S/C20H17N3O4/c24-7-8-27-20(26)22-13-6-5-12-9-15(19(25)23-18(12)10-13)16-11-21-17-4-2-1-3-14(16)17/h1-6,9-11,21,24H,7-8H2,(H,22,26)(H,23,25). The molecule has 0 saturated carbocycles. The van der Waals surface area contributed by atoms with Crippen molar-refractivity contribution in [1.29, 1.82) is 0 Å². The summed E-state index contributed by atoms with van der Waals surface area (Å²) in [5, 5.41) is 13.0. The predicted octanol–water partition coefficient (Wildman–Crippen LogP) is 3.22. The van der Waals surface area contributed by atoms with E-state index in [1.807, 2.05) is 42.6 Å². The Bertz CT molecular complexity index is 1190. The number of fused-ring (bicyclic) bond motifs is 2. The molecule has 2 heterocycles. The van der Waals surface area contributed by atoms with Crippen molar-refractivity contribution in [2.45, 2.75) is 0 Å². The van der Waals surface area contributed by atoms with Crippen molar-refractivity contribution in [2.24, 2.45) is 0 Å². The average Bonchev–Trinajstić information content (AvgIpc) is 3.10. The molecule has 0 bridgehead atoms. The van der Waals surface area contributed by atoms with Gasteiger partial charge in [0.25, 0.3) is 5.56 Å². The van der Waals surface area contributed by atoms with E-state index >= 15 is 0 Å². The fourth-order valence-electron chi connectivity index (χ4n) is 3.07. The monoisotopic (exact) mass is 363 g/mol. The highest BCUT2D eigenvalue weighted by Crippen LogP contribution is 2.28. The molecule has 0 aliphatic rings. The maximum Gasteiger partial charge on any atom is 0.411 e. The molecule has 136 valence electrons. The van der Waals surface area contributed by atoms with Gasteiger partial charge >= 0.3 is 6.09 Å². The van der Waals surface area contributed by atoms with Gasteiger partial charge in [-0.3, -0.25) is 10.1 Å². The molecule has 0 spiro atoms.